The highest BCUT2D eigenvalue weighted by atomic mass is 16.5. The number of nitrogens with one attached hydrogen (secondary N) is 2. The number of para-hydroxylation sites is 1. The minimum atomic E-state index is 0.677. The molecule has 6 nitrogen and oxygen atoms in total. The first-order valence-electron chi connectivity index (χ1n) is 7.80. The molecule has 124 valence electrons. The Morgan fingerprint density at radius 2 is 2.09 bits per heavy atom. The maximum Gasteiger partial charge on any atom is 0.191 e. The molecule has 0 radical (unpaired) electrons. The SMILES string of the molecule is CN=C(NCCCOc1ccccc1C)NCc1ccnn1C. The number of ether oxygens (including phenoxy) is 1. The Morgan fingerprint density at radius 3 is 2.78 bits per heavy atom. The minimum Gasteiger partial charge on any atom is -0.493 e. The highest BCUT2D eigenvalue weighted by molar-refractivity contribution is 5.79. The molecule has 0 aliphatic heterocycles. The van der Waals surface area contributed by atoms with E-state index in [2.05, 4.69) is 33.7 Å². The average Bonchev–Trinajstić information content (AvgIpc) is 2.97. The van der Waals surface area contributed by atoms with E-state index in [0.717, 1.165) is 35.9 Å². The Hall–Kier alpha value is -2.50. The predicted molar refractivity (Wildman–Crippen MR) is 92.7 cm³/mol. The van der Waals surface area contributed by atoms with Crippen molar-refractivity contribution in [3.05, 3.63) is 47.8 Å². The smallest absolute Gasteiger partial charge is 0.191 e. The van der Waals surface area contributed by atoms with Crippen molar-refractivity contribution in [2.75, 3.05) is 20.2 Å². The molecule has 1 aromatic carbocycles. The van der Waals surface area contributed by atoms with Gasteiger partial charge in [-0.3, -0.25) is 9.67 Å². The maximum atomic E-state index is 5.77. The number of rotatable bonds is 7. The van der Waals surface area contributed by atoms with Gasteiger partial charge in [-0.05, 0) is 31.0 Å². The fourth-order valence-electron chi connectivity index (χ4n) is 2.15. The summed E-state index contributed by atoms with van der Waals surface area (Å²) in [6.07, 6.45) is 2.69. The van der Waals surface area contributed by atoms with Gasteiger partial charge in [0.2, 0.25) is 0 Å². The van der Waals surface area contributed by atoms with E-state index in [4.69, 9.17) is 4.74 Å². The van der Waals surface area contributed by atoms with E-state index in [0.29, 0.717) is 13.2 Å². The first-order valence-corrected chi connectivity index (χ1v) is 7.80. The van der Waals surface area contributed by atoms with Crippen LogP contribution in [-0.4, -0.2) is 35.9 Å². The summed E-state index contributed by atoms with van der Waals surface area (Å²) in [6, 6.07) is 10.0. The van der Waals surface area contributed by atoms with Gasteiger partial charge in [-0.2, -0.15) is 5.10 Å². The number of benzene rings is 1. The number of hydrogen-bond donors (Lipinski definition) is 2. The highest BCUT2D eigenvalue weighted by Gasteiger charge is 2.01. The lowest BCUT2D eigenvalue weighted by atomic mass is 10.2. The van der Waals surface area contributed by atoms with Gasteiger partial charge in [0.15, 0.2) is 5.96 Å². The summed E-state index contributed by atoms with van der Waals surface area (Å²) in [4.78, 5) is 4.21. The molecule has 0 aliphatic carbocycles. The minimum absolute atomic E-state index is 0.677. The quantitative estimate of drug-likeness (QED) is 0.465. The zero-order valence-corrected chi connectivity index (χ0v) is 14.0. The average molecular weight is 315 g/mol. The van der Waals surface area contributed by atoms with E-state index in [1.165, 1.54) is 0 Å². The van der Waals surface area contributed by atoms with Crippen molar-refractivity contribution in [3.63, 3.8) is 0 Å². The second-order valence-electron chi connectivity index (χ2n) is 5.27. The molecule has 0 bridgehead atoms. The third-order valence-electron chi connectivity index (χ3n) is 3.55. The molecule has 0 atom stereocenters. The number of aromatic nitrogens is 2. The van der Waals surface area contributed by atoms with Crippen LogP contribution in [0.3, 0.4) is 0 Å². The van der Waals surface area contributed by atoms with E-state index in [9.17, 15) is 0 Å². The van der Waals surface area contributed by atoms with Crippen LogP contribution in [0.15, 0.2) is 41.5 Å². The van der Waals surface area contributed by atoms with Crippen LogP contribution in [0.1, 0.15) is 17.7 Å². The topological polar surface area (TPSA) is 63.5 Å². The van der Waals surface area contributed by atoms with Gasteiger partial charge < -0.3 is 15.4 Å². The number of aliphatic imine (C=N–C) groups is 1. The van der Waals surface area contributed by atoms with Gasteiger partial charge in [-0.1, -0.05) is 18.2 Å². The molecular formula is C17H25N5O. The fourth-order valence-corrected chi connectivity index (χ4v) is 2.15. The fraction of sp³-hybridized carbons (Fsp3) is 0.412. The molecule has 23 heavy (non-hydrogen) atoms. The Morgan fingerprint density at radius 1 is 1.26 bits per heavy atom. The predicted octanol–water partition coefficient (Wildman–Crippen LogP) is 1.86. The molecule has 2 N–H and O–H groups in total. The van der Waals surface area contributed by atoms with Crippen LogP contribution in [0, 0.1) is 6.92 Å². The van der Waals surface area contributed by atoms with Crippen molar-refractivity contribution in [1.82, 2.24) is 20.4 Å². The van der Waals surface area contributed by atoms with Crippen molar-refractivity contribution < 1.29 is 4.74 Å². The Labute approximate surface area is 137 Å². The largest absolute Gasteiger partial charge is 0.493 e. The van der Waals surface area contributed by atoms with E-state index in [1.54, 1.807) is 13.2 Å². The maximum absolute atomic E-state index is 5.77. The molecule has 0 fully saturated rings. The lowest BCUT2D eigenvalue weighted by molar-refractivity contribution is 0.309. The first kappa shape index (κ1) is 16.9. The number of aryl methyl sites for hydroxylation is 2. The Kier molecular flexibility index (Phi) is 6.47. The van der Waals surface area contributed by atoms with Crippen molar-refractivity contribution >= 4 is 5.96 Å². The summed E-state index contributed by atoms with van der Waals surface area (Å²) in [5.74, 6) is 1.73. The van der Waals surface area contributed by atoms with Crippen LogP contribution in [0.5, 0.6) is 5.75 Å². The Bertz CT molecular complexity index is 635. The highest BCUT2D eigenvalue weighted by Crippen LogP contribution is 2.15. The second kappa shape index (κ2) is 8.82. The third kappa shape index (κ3) is 5.32. The zero-order valence-electron chi connectivity index (χ0n) is 14.0. The lowest BCUT2D eigenvalue weighted by Gasteiger charge is -2.13. The van der Waals surface area contributed by atoms with Crippen LogP contribution < -0.4 is 15.4 Å². The van der Waals surface area contributed by atoms with Gasteiger partial charge in [0.25, 0.3) is 0 Å². The molecule has 0 unspecified atom stereocenters. The van der Waals surface area contributed by atoms with Gasteiger partial charge in [0.1, 0.15) is 5.75 Å². The molecule has 6 heteroatoms. The molecule has 2 aromatic rings. The summed E-state index contributed by atoms with van der Waals surface area (Å²) in [6.45, 7) is 4.22. The summed E-state index contributed by atoms with van der Waals surface area (Å²) >= 11 is 0. The molecule has 0 spiro atoms. The van der Waals surface area contributed by atoms with Gasteiger partial charge >= 0.3 is 0 Å². The second-order valence-corrected chi connectivity index (χ2v) is 5.27. The van der Waals surface area contributed by atoms with E-state index in [1.807, 2.05) is 36.0 Å². The van der Waals surface area contributed by atoms with Gasteiger partial charge in [0, 0.05) is 26.8 Å². The Balaban J connectivity index is 1.64. The summed E-state index contributed by atoms with van der Waals surface area (Å²) in [7, 11) is 3.69. The van der Waals surface area contributed by atoms with E-state index >= 15 is 0 Å². The molecule has 1 aromatic heterocycles. The van der Waals surface area contributed by atoms with Gasteiger partial charge in [-0.25, -0.2) is 0 Å². The molecule has 0 saturated carbocycles. The van der Waals surface area contributed by atoms with Crippen molar-refractivity contribution in [1.29, 1.82) is 0 Å². The number of nitrogens with zero attached hydrogens (tertiary/aromatic N) is 3. The van der Waals surface area contributed by atoms with Gasteiger partial charge in [-0.15, -0.1) is 0 Å². The molecule has 0 saturated heterocycles. The lowest BCUT2D eigenvalue weighted by Crippen LogP contribution is -2.38. The van der Waals surface area contributed by atoms with Crippen LogP contribution in [0.25, 0.3) is 0 Å². The zero-order chi connectivity index (χ0) is 16.5. The van der Waals surface area contributed by atoms with Crippen LogP contribution in [0.2, 0.25) is 0 Å². The van der Waals surface area contributed by atoms with E-state index in [-0.39, 0.29) is 0 Å². The van der Waals surface area contributed by atoms with Crippen LogP contribution >= 0.6 is 0 Å². The summed E-state index contributed by atoms with van der Waals surface area (Å²) < 4.78 is 7.62. The first-order chi connectivity index (χ1) is 11.2. The monoisotopic (exact) mass is 315 g/mol. The molecule has 0 amide bonds. The molecule has 0 aliphatic rings. The van der Waals surface area contributed by atoms with Crippen molar-refractivity contribution in [2.45, 2.75) is 19.9 Å². The van der Waals surface area contributed by atoms with E-state index < -0.39 is 0 Å². The summed E-state index contributed by atoms with van der Waals surface area (Å²) in [5, 5.41) is 10.7. The number of guanidine groups is 1. The van der Waals surface area contributed by atoms with Crippen LogP contribution in [0.4, 0.5) is 0 Å². The third-order valence-corrected chi connectivity index (χ3v) is 3.55. The van der Waals surface area contributed by atoms with Crippen molar-refractivity contribution in [2.24, 2.45) is 12.0 Å². The summed E-state index contributed by atoms with van der Waals surface area (Å²) in [5.41, 5.74) is 2.27. The standard InChI is InChI=1S/C17H25N5O/c1-14-7-4-5-8-16(14)23-12-6-10-19-17(18-2)20-13-15-9-11-21-22(15)3/h4-5,7-9,11H,6,10,12-13H2,1-3H3,(H2,18,19,20). The number of hydrogen-bond acceptors (Lipinski definition) is 3. The molecule has 1 heterocycles. The molecule has 2 rings (SSSR count). The van der Waals surface area contributed by atoms with Gasteiger partial charge in [0.05, 0.1) is 18.8 Å². The molecular weight excluding hydrogens is 290 g/mol. The van der Waals surface area contributed by atoms with Crippen LogP contribution in [-0.2, 0) is 13.6 Å². The van der Waals surface area contributed by atoms with Crippen molar-refractivity contribution in [3.8, 4) is 5.75 Å². The normalized spacial score (nSPS) is 11.3.